The van der Waals surface area contributed by atoms with Gasteiger partial charge in [0.2, 0.25) is 5.91 Å². The first-order valence-corrected chi connectivity index (χ1v) is 10.1. The van der Waals surface area contributed by atoms with E-state index in [2.05, 4.69) is 26.2 Å². The van der Waals surface area contributed by atoms with Crippen LogP contribution in [0.5, 0.6) is 0 Å². The molecule has 1 aliphatic rings. The van der Waals surface area contributed by atoms with Crippen molar-refractivity contribution < 1.29 is 9.59 Å². The number of benzene rings is 2. The Labute approximate surface area is 179 Å². The fourth-order valence-corrected chi connectivity index (χ4v) is 3.44. The van der Waals surface area contributed by atoms with Crippen LogP contribution < -0.4 is 10.6 Å². The quantitative estimate of drug-likeness (QED) is 0.651. The third kappa shape index (κ3) is 5.23. The van der Waals surface area contributed by atoms with Crippen LogP contribution >= 0.6 is 0 Å². The largest absolute Gasteiger partial charge is 0.325 e. The van der Waals surface area contributed by atoms with E-state index in [1.807, 2.05) is 60.4 Å². The van der Waals surface area contributed by atoms with E-state index in [0.717, 1.165) is 16.9 Å². The molecule has 0 spiro atoms. The van der Waals surface area contributed by atoms with Gasteiger partial charge in [-0.2, -0.15) is 0 Å². The first kappa shape index (κ1) is 20.5. The SMILES string of the molecule is Cc1ccc(NC(=O)N2CCN(CC(=O)Nc3ccccc3)CC2)cc1-n1cnnn1. The summed E-state index contributed by atoms with van der Waals surface area (Å²) in [4.78, 5) is 28.7. The average molecular weight is 420 g/mol. The van der Waals surface area contributed by atoms with Crippen molar-refractivity contribution in [2.75, 3.05) is 43.4 Å². The zero-order valence-electron chi connectivity index (χ0n) is 17.2. The molecule has 3 amide bonds. The standard InChI is InChI=1S/C21H24N8O2/c1-16-7-8-18(13-19(16)29-15-22-25-26-29)24-21(31)28-11-9-27(10-12-28)14-20(30)23-17-5-3-2-4-6-17/h2-8,13,15H,9-12,14H2,1H3,(H,23,30)(H,24,31). The van der Waals surface area contributed by atoms with Crippen LogP contribution in [0.1, 0.15) is 5.56 Å². The Hall–Kier alpha value is -3.79. The Balaban J connectivity index is 1.28. The highest BCUT2D eigenvalue weighted by Gasteiger charge is 2.22. The molecule has 2 aromatic carbocycles. The number of nitrogens with zero attached hydrogens (tertiary/aromatic N) is 6. The van der Waals surface area contributed by atoms with Gasteiger partial charge in [0.25, 0.3) is 0 Å². The van der Waals surface area contributed by atoms with Crippen molar-refractivity contribution in [2.45, 2.75) is 6.92 Å². The van der Waals surface area contributed by atoms with Gasteiger partial charge >= 0.3 is 6.03 Å². The number of hydrogen-bond donors (Lipinski definition) is 2. The topological polar surface area (TPSA) is 108 Å². The van der Waals surface area contributed by atoms with Crippen molar-refractivity contribution in [1.29, 1.82) is 0 Å². The zero-order chi connectivity index (χ0) is 21.6. The maximum atomic E-state index is 12.7. The van der Waals surface area contributed by atoms with Crippen molar-refractivity contribution in [3.05, 3.63) is 60.4 Å². The van der Waals surface area contributed by atoms with Crippen molar-refractivity contribution in [3.63, 3.8) is 0 Å². The highest BCUT2D eigenvalue weighted by atomic mass is 16.2. The van der Waals surface area contributed by atoms with E-state index >= 15 is 0 Å². The van der Waals surface area contributed by atoms with E-state index in [9.17, 15) is 9.59 Å². The molecule has 10 heteroatoms. The summed E-state index contributed by atoms with van der Waals surface area (Å²) in [6.45, 7) is 4.64. The van der Waals surface area contributed by atoms with Gasteiger partial charge in [-0.25, -0.2) is 9.48 Å². The van der Waals surface area contributed by atoms with Gasteiger partial charge in [0.15, 0.2) is 0 Å². The maximum absolute atomic E-state index is 12.7. The molecule has 1 fully saturated rings. The monoisotopic (exact) mass is 420 g/mol. The second-order valence-corrected chi connectivity index (χ2v) is 7.36. The number of aryl methyl sites for hydroxylation is 1. The van der Waals surface area contributed by atoms with Gasteiger partial charge in [0.1, 0.15) is 6.33 Å². The number of hydrogen-bond acceptors (Lipinski definition) is 6. The van der Waals surface area contributed by atoms with Crippen LogP contribution in [0, 0.1) is 6.92 Å². The summed E-state index contributed by atoms with van der Waals surface area (Å²) < 4.78 is 1.56. The number of aromatic nitrogens is 4. The van der Waals surface area contributed by atoms with E-state index in [1.165, 1.54) is 6.33 Å². The maximum Gasteiger partial charge on any atom is 0.321 e. The number of amides is 3. The second-order valence-electron chi connectivity index (χ2n) is 7.36. The summed E-state index contributed by atoms with van der Waals surface area (Å²) in [7, 11) is 0. The van der Waals surface area contributed by atoms with Gasteiger partial charge in [-0.05, 0) is 47.2 Å². The molecule has 0 aliphatic carbocycles. The molecular weight excluding hydrogens is 396 g/mol. The summed E-state index contributed by atoms with van der Waals surface area (Å²) in [6.07, 6.45) is 1.51. The third-order valence-corrected chi connectivity index (χ3v) is 5.14. The van der Waals surface area contributed by atoms with Gasteiger partial charge in [-0.3, -0.25) is 9.69 Å². The van der Waals surface area contributed by atoms with Crippen LogP contribution in [0.2, 0.25) is 0 Å². The Morgan fingerprint density at radius 2 is 1.74 bits per heavy atom. The second kappa shape index (κ2) is 9.35. The number of anilines is 2. The number of rotatable bonds is 5. The first-order valence-electron chi connectivity index (χ1n) is 10.1. The molecule has 0 radical (unpaired) electrons. The van der Waals surface area contributed by atoms with Crippen LogP contribution in [0.4, 0.5) is 16.2 Å². The van der Waals surface area contributed by atoms with Crippen LogP contribution in [0.3, 0.4) is 0 Å². The summed E-state index contributed by atoms with van der Waals surface area (Å²) in [5.41, 5.74) is 3.25. The van der Waals surface area contributed by atoms with Gasteiger partial charge in [-0.1, -0.05) is 24.3 Å². The molecule has 2 N–H and O–H groups in total. The lowest BCUT2D eigenvalue weighted by Crippen LogP contribution is -2.51. The molecule has 1 aromatic heterocycles. The molecule has 0 unspecified atom stereocenters. The van der Waals surface area contributed by atoms with Crippen LogP contribution in [-0.4, -0.2) is 74.7 Å². The van der Waals surface area contributed by atoms with Crippen LogP contribution in [0.15, 0.2) is 54.9 Å². The predicted octanol–water partition coefficient (Wildman–Crippen LogP) is 1.76. The minimum absolute atomic E-state index is 0.0566. The van der Waals surface area contributed by atoms with Gasteiger partial charge < -0.3 is 15.5 Å². The van der Waals surface area contributed by atoms with E-state index in [4.69, 9.17) is 0 Å². The van der Waals surface area contributed by atoms with E-state index in [1.54, 1.807) is 9.58 Å². The molecule has 1 aliphatic heterocycles. The number of carbonyl (C=O) groups excluding carboxylic acids is 2. The van der Waals surface area contributed by atoms with Gasteiger partial charge in [0.05, 0.1) is 12.2 Å². The highest BCUT2D eigenvalue weighted by molar-refractivity contribution is 5.92. The first-order chi connectivity index (χ1) is 15.1. The number of piperazine rings is 1. The summed E-state index contributed by atoms with van der Waals surface area (Å²) >= 11 is 0. The van der Waals surface area contributed by atoms with Gasteiger partial charge in [0, 0.05) is 37.6 Å². The van der Waals surface area contributed by atoms with E-state index in [0.29, 0.717) is 38.4 Å². The Bertz CT molecular complexity index is 1030. The summed E-state index contributed by atoms with van der Waals surface area (Å²) in [6, 6.07) is 14.8. The van der Waals surface area contributed by atoms with Crippen molar-refractivity contribution in [1.82, 2.24) is 30.0 Å². The minimum atomic E-state index is -0.167. The number of para-hydroxylation sites is 1. The Morgan fingerprint density at radius 3 is 2.45 bits per heavy atom. The molecule has 4 rings (SSSR count). The highest BCUT2D eigenvalue weighted by Crippen LogP contribution is 2.19. The molecule has 0 atom stereocenters. The molecule has 31 heavy (non-hydrogen) atoms. The Morgan fingerprint density at radius 1 is 0.968 bits per heavy atom. The van der Waals surface area contributed by atoms with Crippen molar-refractivity contribution in [3.8, 4) is 5.69 Å². The molecule has 2 heterocycles. The molecule has 0 bridgehead atoms. The number of urea groups is 1. The van der Waals surface area contributed by atoms with E-state index in [-0.39, 0.29) is 11.9 Å². The smallest absolute Gasteiger partial charge is 0.321 e. The molecule has 10 nitrogen and oxygen atoms in total. The molecule has 1 saturated heterocycles. The lowest BCUT2D eigenvalue weighted by molar-refractivity contribution is -0.117. The van der Waals surface area contributed by atoms with Crippen LogP contribution in [0.25, 0.3) is 5.69 Å². The minimum Gasteiger partial charge on any atom is -0.325 e. The van der Waals surface area contributed by atoms with Crippen molar-refractivity contribution in [2.24, 2.45) is 0 Å². The number of carbonyl (C=O) groups is 2. The lowest BCUT2D eigenvalue weighted by Gasteiger charge is -2.34. The summed E-state index contributed by atoms with van der Waals surface area (Å²) in [5, 5.41) is 17.1. The van der Waals surface area contributed by atoms with Gasteiger partial charge in [-0.15, -0.1) is 5.10 Å². The fraction of sp³-hybridized carbons (Fsp3) is 0.286. The molecular formula is C21H24N8O2. The third-order valence-electron chi connectivity index (χ3n) is 5.14. The molecule has 0 saturated carbocycles. The van der Waals surface area contributed by atoms with Crippen LogP contribution in [-0.2, 0) is 4.79 Å². The predicted molar refractivity (Wildman–Crippen MR) is 116 cm³/mol. The summed E-state index contributed by atoms with van der Waals surface area (Å²) in [5.74, 6) is -0.0566. The fourth-order valence-electron chi connectivity index (χ4n) is 3.44. The lowest BCUT2D eigenvalue weighted by atomic mass is 10.2. The zero-order valence-corrected chi connectivity index (χ0v) is 17.2. The van der Waals surface area contributed by atoms with Crippen molar-refractivity contribution >= 4 is 23.3 Å². The number of nitrogens with one attached hydrogen (secondary N) is 2. The Kier molecular flexibility index (Phi) is 6.18. The van der Waals surface area contributed by atoms with E-state index < -0.39 is 0 Å². The molecule has 160 valence electrons. The molecule has 3 aromatic rings. The number of tetrazole rings is 1. The average Bonchev–Trinajstić information content (AvgIpc) is 3.31. The normalized spacial score (nSPS) is 14.3.